The third kappa shape index (κ3) is 3.86. The molecule has 3 N–H and O–H groups in total. The van der Waals surface area contributed by atoms with E-state index in [0.29, 0.717) is 0 Å². The molecule has 2 atom stereocenters. The maximum atomic E-state index is 11.8. The minimum Gasteiger partial charge on any atom is -0.348 e. The molecule has 0 aliphatic heterocycles. The highest BCUT2D eigenvalue weighted by Gasteiger charge is 2.16. The van der Waals surface area contributed by atoms with Crippen LogP contribution in [0.25, 0.3) is 0 Å². The van der Waals surface area contributed by atoms with Gasteiger partial charge in [-0.2, -0.15) is 0 Å². The Balaban J connectivity index is 2.63. The van der Waals surface area contributed by atoms with Crippen LogP contribution in [-0.4, -0.2) is 11.9 Å². The number of carbonyl (C=O) groups excluding carboxylic acids is 1. The third-order valence-corrected chi connectivity index (χ3v) is 2.95. The zero-order chi connectivity index (χ0) is 12.8. The maximum absolute atomic E-state index is 11.8. The van der Waals surface area contributed by atoms with Crippen LogP contribution in [0.15, 0.2) is 24.3 Å². The molecular formula is C14H22N2O. The van der Waals surface area contributed by atoms with Crippen molar-refractivity contribution in [3.8, 4) is 0 Å². The molecule has 1 amide bonds. The number of nitrogens with one attached hydrogen (secondary N) is 1. The number of rotatable bonds is 5. The van der Waals surface area contributed by atoms with Gasteiger partial charge in [-0.05, 0) is 31.4 Å². The minimum absolute atomic E-state index is 0.00612. The van der Waals surface area contributed by atoms with Gasteiger partial charge in [-0.1, -0.05) is 37.6 Å². The summed E-state index contributed by atoms with van der Waals surface area (Å²) >= 11 is 0. The van der Waals surface area contributed by atoms with Crippen LogP contribution in [0.3, 0.4) is 0 Å². The first-order chi connectivity index (χ1) is 8.06. The molecule has 0 aromatic heterocycles. The summed E-state index contributed by atoms with van der Waals surface area (Å²) in [6.45, 7) is 6.06. The van der Waals surface area contributed by atoms with E-state index in [1.54, 1.807) is 0 Å². The van der Waals surface area contributed by atoms with Crippen LogP contribution in [0.2, 0.25) is 0 Å². The van der Waals surface area contributed by atoms with Crippen molar-refractivity contribution in [2.75, 3.05) is 0 Å². The first-order valence-electron chi connectivity index (χ1n) is 6.17. The highest BCUT2D eigenvalue weighted by atomic mass is 16.2. The Morgan fingerprint density at radius 1 is 1.41 bits per heavy atom. The largest absolute Gasteiger partial charge is 0.348 e. The molecule has 1 aromatic rings. The van der Waals surface area contributed by atoms with Gasteiger partial charge < -0.3 is 11.1 Å². The summed E-state index contributed by atoms with van der Waals surface area (Å²) in [5, 5.41) is 2.96. The lowest BCUT2D eigenvalue weighted by Gasteiger charge is -2.19. The second-order valence-corrected chi connectivity index (χ2v) is 4.48. The summed E-state index contributed by atoms with van der Waals surface area (Å²) in [6, 6.07) is 7.67. The van der Waals surface area contributed by atoms with Crippen LogP contribution in [0.1, 0.15) is 43.9 Å². The minimum atomic E-state index is -0.397. The van der Waals surface area contributed by atoms with Crippen LogP contribution < -0.4 is 11.1 Å². The van der Waals surface area contributed by atoms with E-state index >= 15 is 0 Å². The number of hydrogen-bond acceptors (Lipinski definition) is 2. The van der Waals surface area contributed by atoms with Gasteiger partial charge in [0.25, 0.3) is 0 Å². The molecule has 94 valence electrons. The second-order valence-electron chi connectivity index (χ2n) is 4.48. The predicted molar refractivity (Wildman–Crippen MR) is 70.6 cm³/mol. The van der Waals surface area contributed by atoms with Gasteiger partial charge in [0.1, 0.15) is 0 Å². The molecule has 0 saturated heterocycles. The van der Waals surface area contributed by atoms with E-state index in [0.717, 1.165) is 18.4 Å². The molecule has 0 bridgehead atoms. The fourth-order valence-electron chi connectivity index (χ4n) is 1.91. The lowest BCUT2D eigenvalue weighted by molar-refractivity contribution is -0.123. The summed E-state index contributed by atoms with van der Waals surface area (Å²) in [5.74, 6) is -0.0670. The van der Waals surface area contributed by atoms with Crippen molar-refractivity contribution in [3.05, 3.63) is 35.4 Å². The number of amides is 1. The van der Waals surface area contributed by atoms with E-state index < -0.39 is 6.04 Å². The van der Waals surface area contributed by atoms with E-state index in [2.05, 4.69) is 5.32 Å². The van der Waals surface area contributed by atoms with Gasteiger partial charge in [0.15, 0.2) is 0 Å². The summed E-state index contributed by atoms with van der Waals surface area (Å²) < 4.78 is 0. The lowest BCUT2D eigenvalue weighted by atomic mass is 10.0. The van der Waals surface area contributed by atoms with E-state index in [1.165, 1.54) is 5.56 Å². The van der Waals surface area contributed by atoms with E-state index in [9.17, 15) is 4.79 Å². The number of carbonyl (C=O) groups is 1. The second kappa shape index (κ2) is 6.40. The third-order valence-electron chi connectivity index (χ3n) is 2.95. The maximum Gasteiger partial charge on any atom is 0.237 e. The fourth-order valence-corrected chi connectivity index (χ4v) is 1.91. The summed E-state index contributed by atoms with van der Waals surface area (Å²) in [6.07, 6.45) is 1.65. The number of hydrogen-bond donors (Lipinski definition) is 2. The number of aryl methyl sites for hydroxylation is 1. The average Bonchev–Trinajstić information content (AvgIpc) is 2.29. The predicted octanol–water partition coefficient (Wildman–Crippen LogP) is 2.30. The molecule has 0 radical (unpaired) electrons. The zero-order valence-corrected chi connectivity index (χ0v) is 10.9. The van der Waals surface area contributed by atoms with Gasteiger partial charge in [-0.15, -0.1) is 0 Å². The summed E-state index contributed by atoms with van der Waals surface area (Å²) in [7, 11) is 0. The Labute approximate surface area is 103 Å². The van der Waals surface area contributed by atoms with Crippen molar-refractivity contribution in [1.29, 1.82) is 0 Å². The Morgan fingerprint density at radius 2 is 2.06 bits per heavy atom. The van der Waals surface area contributed by atoms with Crippen LogP contribution in [0.4, 0.5) is 0 Å². The molecule has 0 saturated carbocycles. The van der Waals surface area contributed by atoms with Crippen LogP contribution in [-0.2, 0) is 4.79 Å². The molecule has 0 heterocycles. The van der Waals surface area contributed by atoms with E-state index in [1.807, 2.05) is 45.0 Å². The molecule has 0 fully saturated rings. The SMILES string of the molecule is CCC[C@H](N)C(=O)N[C@@H](C)c1ccccc1C. The van der Waals surface area contributed by atoms with Gasteiger partial charge in [0.05, 0.1) is 12.1 Å². The Bertz CT molecular complexity index is 376. The van der Waals surface area contributed by atoms with Crippen LogP contribution in [0, 0.1) is 6.92 Å². The monoisotopic (exact) mass is 234 g/mol. The van der Waals surface area contributed by atoms with E-state index in [4.69, 9.17) is 5.73 Å². The van der Waals surface area contributed by atoms with Crippen LogP contribution in [0.5, 0.6) is 0 Å². The molecule has 0 spiro atoms. The van der Waals surface area contributed by atoms with E-state index in [-0.39, 0.29) is 11.9 Å². The first kappa shape index (κ1) is 13.7. The molecule has 0 aliphatic carbocycles. The molecule has 1 aromatic carbocycles. The highest BCUT2D eigenvalue weighted by Crippen LogP contribution is 2.16. The van der Waals surface area contributed by atoms with Crippen molar-refractivity contribution < 1.29 is 4.79 Å². The first-order valence-corrected chi connectivity index (χ1v) is 6.17. The van der Waals surface area contributed by atoms with Crippen molar-refractivity contribution in [2.24, 2.45) is 5.73 Å². The highest BCUT2D eigenvalue weighted by molar-refractivity contribution is 5.81. The quantitative estimate of drug-likeness (QED) is 0.821. The van der Waals surface area contributed by atoms with Gasteiger partial charge in [-0.25, -0.2) is 0 Å². The van der Waals surface area contributed by atoms with Crippen LogP contribution >= 0.6 is 0 Å². The van der Waals surface area contributed by atoms with Crippen molar-refractivity contribution in [3.63, 3.8) is 0 Å². The standard InChI is InChI=1S/C14H22N2O/c1-4-7-13(15)14(17)16-11(3)12-9-6-5-8-10(12)2/h5-6,8-9,11,13H,4,7,15H2,1-3H3,(H,16,17)/t11-,13-/m0/s1. The van der Waals surface area contributed by atoms with Crippen molar-refractivity contribution in [1.82, 2.24) is 5.32 Å². The summed E-state index contributed by atoms with van der Waals surface area (Å²) in [5.41, 5.74) is 8.11. The molecular weight excluding hydrogens is 212 g/mol. The summed E-state index contributed by atoms with van der Waals surface area (Å²) in [4.78, 5) is 11.8. The van der Waals surface area contributed by atoms with Gasteiger partial charge in [-0.3, -0.25) is 4.79 Å². The smallest absolute Gasteiger partial charge is 0.237 e. The Kier molecular flexibility index (Phi) is 5.16. The normalized spacial score (nSPS) is 14.1. The van der Waals surface area contributed by atoms with Crippen molar-refractivity contribution >= 4 is 5.91 Å². The number of benzene rings is 1. The van der Waals surface area contributed by atoms with Crippen molar-refractivity contribution in [2.45, 2.75) is 45.7 Å². The van der Waals surface area contributed by atoms with Gasteiger partial charge in [0.2, 0.25) is 5.91 Å². The fraction of sp³-hybridized carbons (Fsp3) is 0.500. The topological polar surface area (TPSA) is 55.1 Å². The molecule has 3 heteroatoms. The average molecular weight is 234 g/mol. The molecule has 0 unspecified atom stereocenters. The Morgan fingerprint density at radius 3 is 2.65 bits per heavy atom. The molecule has 3 nitrogen and oxygen atoms in total. The molecule has 1 rings (SSSR count). The lowest BCUT2D eigenvalue weighted by Crippen LogP contribution is -2.41. The number of nitrogens with two attached hydrogens (primary N) is 1. The Hall–Kier alpha value is -1.35. The van der Waals surface area contributed by atoms with Gasteiger partial charge >= 0.3 is 0 Å². The molecule has 17 heavy (non-hydrogen) atoms. The molecule has 0 aliphatic rings. The van der Waals surface area contributed by atoms with Gasteiger partial charge in [0, 0.05) is 0 Å². The zero-order valence-electron chi connectivity index (χ0n) is 10.9.